The predicted octanol–water partition coefficient (Wildman–Crippen LogP) is 3.98. The van der Waals surface area contributed by atoms with E-state index in [1.165, 1.54) is 12.8 Å². The van der Waals surface area contributed by atoms with Crippen LogP contribution in [0.3, 0.4) is 0 Å². The van der Waals surface area contributed by atoms with Gasteiger partial charge in [-0.1, -0.05) is 18.2 Å². The van der Waals surface area contributed by atoms with Crippen molar-refractivity contribution >= 4 is 11.3 Å². The van der Waals surface area contributed by atoms with Crippen molar-refractivity contribution < 1.29 is 0 Å². The lowest BCUT2D eigenvalue weighted by atomic mass is 10.0. The molecule has 6 heteroatoms. The quantitative estimate of drug-likeness (QED) is 0.666. The monoisotopic (exact) mass is 384 g/mol. The number of pyridine rings is 1. The fraction of sp³-hybridized carbons (Fsp3) is 0.261. The molecule has 0 radical (unpaired) electrons. The van der Waals surface area contributed by atoms with Crippen LogP contribution in [-0.2, 0) is 0 Å². The van der Waals surface area contributed by atoms with Crippen LogP contribution < -0.4 is 4.90 Å². The van der Waals surface area contributed by atoms with Crippen LogP contribution in [0.15, 0.2) is 73.5 Å². The molecule has 5 rings (SSSR count). The molecular weight excluding hydrogens is 360 g/mol. The Morgan fingerprint density at radius 2 is 1.86 bits per heavy atom. The smallest absolute Gasteiger partial charge is 0.164 e. The normalized spacial score (nSPS) is 18.9. The Labute approximate surface area is 170 Å². The van der Waals surface area contributed by atoms with Crippen LogP contribution in [0.1, 0.15) is 24.4 Å². The van der Waals surface area contributed by atoms with Gasteiger partial charge >= 0.3 is 0 Å². The fourth-order valence-corrected chi connectivity index (χ4v) is 3.79. The molecule has 3 aromatic rings. The van der Waals surface area contributed by atoms with Crippen LogP contribution in [0.5, 0.6) is 0 Å². The van der Waals surface area contributed by atoms with Crippen molar-refractivity contribution in [2.75, 3.05) is 19.0 Å². The van der Waals surface area contributed by atoms with Crippen molar-refractivity contribution in [3.63, 3.8) is 0 Å². The zero-order chi connectivity index (χ0) is 19.8. The number of hydrogen-bond donors (Lipinski definition) is 0. The van der Waals surface area contributed by atoms with Crippen LogP contribution in [0.4, 0.5) is 5.69 Å². The summed E-state index contributed by atoms with van der Waals surface area (Å²) >= 11 is 0. The van der Waals surface area contributed by atoms with Crippen LogP contribution in [0.25, 0.3) is 17.0 Å². The Kier molecular flexibility index (Phi) is 4.48. The summed E-state index contributed by atoms with van der Waals surface area (Å²) in [5.74, 6) is 0.946. The van der Waals surface area contributed by atoms with Gasteiger partial charge in [-0.15, -0.1) is 10.2 Å². The fourth-order valence-electron chi connectivity index (χ4n) is 3.79. The molecule has 0 spiro atoms. The molecule has 6 nitrogen and oxygen atoms in total. The van der Waals surface area contributed by atoms with Gasteiger partial charge in [0.2, 0.25) is 0 Å². The molecule has 1 unspecified atom stereocenters. The van der Waals surface area contributed by atoms with Crippen LogP contribution >= 0.6 is 0 Å². The highest BCUT2D eigenvalue weighted by atomic mass is 15.3. The topological polar surface area (TPSA) is 50.1 Å². The second kappa shape index (κ2) is 7.29. The van der Waals surface area contributed by atoms with E-state index in [0.717, 1.165) is 28.2 Å². The Morgan fingerprint density at radius 1 is 1.03 bits per heavy atom. The third-order valence-electron chi connectivity index (χ3n) is 5.47. The number of likely N-dealkylation sites (N-methyl/N-ethyl adjacent to an activating group) is 1. The van der Waals surface area contributed by atoms with E-state index in [9.17, 15) is 0 Å². The van der Waals surface area contributed by atoms with Gasteiger partial charge in [0.25, 0.3) is 0 Å². The zero-order valence-electron chi connectivity index (χ0n) is 16.7. The number of aromatic nitrogens is 4. The maximum atomic E-state index is 4.40. The summed E-state index contributed by atoms with van der Waals surface area (Å²) in [7, 11) is 4.20. The molecule has 146 valence electrons. The maximum absolute atomic E-state index is 4.40. The van der Waals surface area contributed by atoms with Gasteiger partial charge in [0, 0.05) is 35.9 Å². The summed E-state index contributed by atoms with van der Waals surface area (Å²) in [6.45, 7) is 0. The molecule has 0 saturated heterocycles. The predicted molar refractivity (Wildman–Crippen MR) is 115 cm³/mol. The first-order valence-electron chi connectivity index (χ1n) is 9.96. The number of allylic oxidation sites excluding steroid dienone is 2. The molecule has 29 heavy (non-hydrogen) atoms. The summed E-state index contributed by atoms with van der Waals surface area (Å²) in [5, 5.41) is 8.56. The Balaban J connectivity index is 1.54. The Bertz CT molecular complexity index is 1060. The average molecular weight is 384 g/mol. The third-order valence-corrected chi connectivity index (χ3v) is 5.47. The first-order chi connectivity index (χ1) is 14.2. The van der Waals surface area contributed by atoms with E-state index >= 15 is 0 Å². The van der Waals surface area contributed by atoms with Gasteiger partial charge in [-0.25, -0.2) is 0 Å². The minimum Gasteiger partial charge on any atom is -0.328 e. The Hall–Kier alpha value is -3.25. The SMILES string of the molecule is CN(C)C1C=CC(c2ccncc2)=CN1c1cccc(-c2nncn2C2CC2)c1. The summed E-state index contributed by atoms with van der Waals surface area (Å²) in [4.78, 5) is 8.65. The lowest BCUT2D eigenvalue weighted by Crippen LogP contribution is -2.42. The average Bonchev–Trinajstić information content (AvgIpc) is 3.50. The molecule has 0 bridgehead atoms. The first-order valence-corrected chi connectivity index (χ1v) is 9.96. The van der Waals surface area contributed by atoms with E-state index in [2.05, 4.69) is 86.3 Å². The van der Waals surface area contributed by atoms with E-state index in [-0.39, 0.29) is 6.17 Å². The number of nitrogens with zero attached hydrogens (tertiary/aromatic N) is 6. The summed E-state index contributed by atoms with van der Waals surface area (Å²) in [5.41, 5.74) is 4.54. The minimum absolute atomic E-state index is 0.136. The first kappa shape index (κ1) is 17.8. The highest BCUT2D eigenvalue weighted by Crippen LogP contribution is 2.38. The van der Waals surface area contributed by atoms with E-state index in [1.54, 1.807) is 0 Å². The number of rotatable bonds is 5. The van der Waals surface area contributed by atoms with Crippen molar-refractivity contribution in [3.8, 4) is 11.4 Å². The Morgan fingerprint density at radius 3 is 2.62 bits per heavy atom. The molecule has 0 amide bonds. The minimum atomic E-state index is 0.136. The highest BCUT2D eigenvalue weighted by Gasteiger charge is 2.27. The van der Waals surface area contributed by atoms with Crippen molar-refractivity contribution in [2.45, 2.75) is 25.0 Å². The molecule has 2 aromatic heterocycles. The van der Waals surface area contributed by atoms with Gasteiger partial charge in [0.05, 0.1) is 0 Å². The largest absolute Gasteiger partial charge is 0.328 e. The molecule has 1 fully saturated rings. The molecule has 0 N–H and O–H groups in total. The lowest BCUT2D eigenvalue weighted by Gasteiger charge is -2.36. The third kappa shape index (κ3) is 3.47. The van der Waals surface area contributed by atoms with Crippen LogP contribution in [0, 0.1) is 0 Å². The maximum Gasteiger partial charge on any atom is 0.164 e. The van der Waals surface area contributed by atoms with E-state index in [4.69, 9.17) is 0 Å². The van der Waals surface area contributed by atoms with Crippen LogP contribution in [-0.4, -0.2) is 44.9 Å². The van der Waals surface area contributed by atoms with Gasteiger partial charge in [0.15, 0.2) is 5.82 Å². The van der Waals surface area contributed by atoms with Crippen molar-refractivity contribution in [1.29, 1.82) is 0 Å². The zero-order valence-corrected chi connectivity index (χ0v) is 16.7. The van der Waals surface area contributed by atoms with Crippen molar-refractivity contribution in [3.05, 3.63) is 79.0 Å². The van der Waals surface area contributed by atoms with E-state index < -0.39 is 0 Å². The van der Waals surface area contributed by atoms with Gasteiger partial charge in [0.1, 0.15) is 12.5 Å². The summed E-state index contributed by atoms with van der Waals surface area (Å²) in [6, 6.07) is 13.2. The molecule has 1 saturated carbocycles. The van der Waals surface area contributed by atoms with Crippen molar-refractivity contribution in [2.24, 2.45) is 0 Å². The summed E-state index contributed by atoms with van der Waals surface area (Å²) < 4.78 is 2.21. The summed E-state index contributed by atoms with van der Waals surface area (Å²) in [6.07, 6.45) is 14.7. The molecular formula is C23H24N6. The molecule has 1 aromatic carbocycles. The van der Waals surface area contributed by atoms with E-state index in [0.29, 0.717) is 6.04 Å². The number of hydrogen-bond acceptors (Lipinski definition) is 5. The molecule has 1 aliphatic heterocycles. The van der Waals surface area contributed by atoms with Crippen molar-refractivity contribution in [1.82, 2.24) is 24.6 Å². The lowest BCUT2D eigenvalue weighted by molar-refractivity contribution is 0.345. The molecule has 3 heterocycles. The van der Waals surface area contributed by atoms with Gasteiger partial charge < -0.3 is 9.47 Å². The van der Waals surface area contributed by atoms with Crippen LogP contribution in [0.2, 0.25) is 0 Å². The number of benzene rings is 1. The van der Waals surface area contributed by atoms with E-state index in [1.807, 2.05) is 30.9 Å². The molecule has 1 atom stereocenters. The van der Waals surface area contributed by atoms with Gasteiger partial charge in [-0.2, -0.15) is 0 Å². The number of anilines is 1. The van der Waals surface area contributed by atoms with Gasteiger partial charge in [-0.3, -0.25) is 9.88 Å². The molecule has 1 aliphatic carbocycles. The standard InChI is InChI=1S/C23H24N6/c1-27(2)22-9-6-19(17-10-12-24-13-11-17)15-28(22)21-5-3-4-18(14-21)23-26-25-16-29(23)20-7-8-20/h3-6,9-16,20,22H,7-8H2,1-2H3. The molecule has 2 aliphatic rings. The second-order valence-corrected chi connectivity index (χ2v) is 7.81. The highest BCUT2D eigenvalue weighted by molar-refractivity contribution is 5.79. The van der Waals surface area contributed by atoms with Gasteiger partial charge in [-0.05, 0) is 68.4 Å². The second-order valence-electron chi connectivity index (χ2n) is 7.81.